The number of alkyl halides is 2. The first-order valence-electron chi connectivity index (χ1n) is 7.36. The van der Waals surface area contributed by atoms with Crippen LogP contribution in [-0.4, -0.2) is 50.7 Å². The van der Waals surface area contributed by atoms with E-state index in [0.717, 1.165) is 31.7 Å². The lowest BCUT2D eigenvalue weighted by Gasteiger charge is -2.35. The molecular formula is C15H21ClF2N2O2. The van der Waals surface area contributed by atoms with Gasteiger partial charge < -0.3 is 14.8 Å². The maximum absolute atomic E-state index is 13.0. The van der Waals surface area contributed by atoms with E-state index in [2.05, 4.69) is 10.2 Å². The molecule has 0 radical (unpaired) electrons. The molecule has 1 aromatic rings. The zero-order valence-corrected chi connectivity index (χ0v) is 13.1. The summed E-state index contributed by atoms with van der Waals surface area (Å²) in [7, 11) is 0. The lowest BCUT2D eigenvalue weighted by Crippen LogP contribution is -2.45. The van der Waals surface area contributed by atoms with Gasteiger partial charge >= 0.3 is 0 Å². The van der Waals surface area contributed by atoms with Crippen LogP contribution in [-0.2, 0) is 0 Å². The molecule has 0 aromatic heterocycles. The van der Waals surface area contributed by atoms with Crippen LogP contribution in [0.15, 0.2) is 18.2 Å². The summed E-state index contributed by atoms with van der Waals surface area (Å²) in [5.41, 5.74) is 0.876. The normalized spacial score (nSPS) is 19.6. The molecule has 0 unspecified atom stereocenters. The Labute approximate surface area is 135 Å². The van der Waals surface area contributed by atoms with Crippen molar-refractivity contribution in [2.24, 2.45) is 0 Å². The van der Waals surface area contributed by atoms with Crippen LogP contribution in [0, 0.1) is 0 Å². The van der Waals surface area contributed by atoms with Crippen molar-refractivity contribution in [3.63, 3.8) is 0 Å². The van der Waals surface area contributed by atoms with Crippen molar-refractivity contribution in [1.82, 2.24) is 10.2 Å². The maximum atomic E-state index is 13.0. The Morgan fingerprint density at radius 1 is 1.09 bits per heavy atom. The van der Waals surface area contributed by atoms with Gasteiger partial charge in [0.2, 0.25) is 6.43 Å². The van der Waals surface area contributed by atoms with E-state index in [0.29, 0.717) is 24.7 Å². The van der Waals surface area contributed by atoms with Gasteiger partial charge in [-0.2, -0.15) is 0 Å². The number of piperazine rings is 1. The summed E-state index contributed by atoms with van der Waals surface area (Å²) in [6.45, 7) is 4.28. The van der Waals surface area contributed by atoms with Gasteiger partial charge in [0.25, 0.3) is 0 Å². The molecule has 0 saturated carbocycles. The molecule has 1 aromatic carbocycles. The number of hydrogen-bond acceptors (Lipinski definition) is 4. The SMILES string of the molecule is Cl.FC(F)C[C@@H](c1ccc2c(c1)OCCO2)N1CCNCC1. The van der Waals surface area contributed by atoms with E-state index in [1.807, 2.05) is 18.2 Å². The monoisotopic (exact) mass is 334 g/mol. The molecule has 1 fully saturated rings. The van der Waals surface area contributed by atoms with Crippen LogP contribution in [0.3, 0.4) is 0 Å². The van der Waals surface area contributed by atoms with E-state index in [1.54, 1.807) is 0 Å². The Morgan fingerprint density at radius 3 is 2.45 bits per heavy atom. The van der Waals surface area contributed by atoms with E-state index >= 15 is 0 Å². The van der Waals surface area contributed by atoms with Gasteiger partial charge in [-0.3, -0.25) is 4.90 Å². The summed E-state index contributed by atoms with van der Waals surface area (Å²) < 4.78 is 37.0. The largest absolute Gasteiger partial charge is 0.486 e. The molecule has 2 aliphatic heterocycles. The Hall–Kier alpha value is -1.11. The maximum Gasteiger partial charge on any atom is 0.240 e. The van der Waals surface area contributed by atoms with Crippen molar-refractivity contribution >= 4 is 12.4 Å². The number of nitrogens with zero attached hydrogens (tertiary/aromatic N) is 1. The second-order valence-corrected chi connectivity index (χ2v) is 5.33. The molecule has 0 bridgehead atoms. The fraction of sp³-hybridized carbons (Fsp3) is 0.600. The van der Waals surface area contributed by atoms with E-state index in [9.17, 15) is 8.78 Å². The minimum absolute atomic E-state index is 0. The molecule has 7 heteroatoms. The second kappa shape index (κ2) is 7.94. The molecule has 1 saturated heterocycles. The summed E-state index contributed by atoms with van der Waals surface area (Å²) in [4.78, 5) is 2.12. The zero-order chi connectivity index (χ0) is 14.7. The van der Waals surface area contributed by atoms with Crippen molar-refractivity contribution < 1.29 is 18.3 Å². The third kappa shape index (κ3) is 4.00. The molecule has 4 nitrogen and oxygen atoms in total. The van der Waals surface area contributed by atoms with Crippen molar-refractivity contribution in [2.75, 3.05) is 39.4 Å². The zero-order valence-electron chi connectivity index (χ0n) is 12.3. The van der Waals surface area contributed by atoms with Crippen molar-refractivity contribution in [1.29, 1.82) is 0 Å². The predicted octanol–water partition coefficient (Wildman–Crippen LogP) is 2.48. The van der Waals surface area contributed by atoms with Crippen LogP contribution in [0.4, 0.5) is 8.78 Å². The molecule has 3 rings (SSSR count). The third-order valence-corrected chi connectivity index (χ3v) is 3.94. The van der Waals surface area contributed by atoms with Gasteiger partial charge in [-0.05, 0) is 17.7 Å². The van der Waals surface area contributed by atoms with Crippen LogP contribution in [0.1, 0.15) is 18.0 Å². The number of halogens is 3. The van der Waals surface area contributed by atoms with Crippen LogP contribution >= 0.6 is 12.4 Å². The van der Waals surface area contributed by atoms with Crippen molar-refractivity contribution in [3.05, 3.63) is 23.8 Å². The number of nitrogens with one attached hydrogen (secondary N) is 1. The third-order valence-electron chi connectivity index (χ3n) is 3.94. The average molecular weight is 335 g/mol. The molecule has 2 heterocycles. The summed E-state index contributed by atoms with van der Waals surface area (Å²) in [6, 6.07) is 5.28. The highest BCUT2D eigenvalue weighted by Crippen LogP contribution is 2.36. The molecule has 0 aliphatic carbocycles. The first-order valence-corrected chi connectivity index (χ1v) is 7.36. The smallest absolute Gasteiger partial charge is 0.240 e. The van der Waals surface area contributed by atoms with Crippen LogP contribution in [0.25, 0.3) is 0 Å². The average Bonchev–Trinajstić information content (AvgIpc) is 2.53. The van der Waals surface area contributed by atoms with Gasteiger partial charge in [-0.15, -0.1) is 12.4 Å². The summed E-state index contributed by atoms with van der Waals surface area (Å²) in [5.74, 6) is 1.36. The minimum Gasteiger partial charge on any atom is -0.486 e. The predicted molar refractivity (Wildman–Crippen MR) is 82.5 cm³/mol. The fourth-order valence-electron chi connectivity index (χ4n) is 2.93. The van der Waals surface area contributed by atoms with Gasteiger partial charge in [0.1, 0.15) is 13.2 Å². The molecule has 22 heavy (non-hydrogen) atoms. The topological polar surface area (TPSA) is 33.7 Å². The quantitative estimate of drug-likeness (QED) is 0.917. The number of fused-ring (bicyclic) bond motifs is 1. The highest BCUT2D eigenvalue weighted by molar-refractivity contribution is 5.85. The molecule has 0 spiro atoms. The number of hydrogen-bond donors (Lipinski definition) is 1. The Balaban J connectivity index is 0.00000176. The highest BCUT2D eigenvalue weighted by atomic mass is 35.5. The van der Waals surface area contributed by atoms with E-state index < -0.39 is 6.43 Å². The summed E-state index contributed by atoms with van der Waals surface area (Å²) in [5, 5.41) is 3.25. The van der Waals surface area contributed by atoms with Crippen LogP contribution in [0.5, 0.6) is 11.5 Å². The van der Waals surface area contributed by atoms with Gasteiger partial charge in [-0.25, -0.2) is 8.78 Å². The first-order chi connectivity index (χ1) is 10.2. The summed E-state index contributed by atoms with van der Waals surface area (Å²) in [6.07, 6.45) is -2.47. The van der Waals surface area contributed by atoms with Gasteiger partial charge in [-0.1, -0.05) is 6.07 Å². The minimum atomic E-state index is -2.32. The number of benzene rings is 1. The number of ether oxygens (including phenoxy) is 2. The molecule has 1 N–H and O–H groups in total. The van der Waals surface area contributed by atoms with Gasteiger partial charge in [0.05, 0.1) is 0 Å². The molecule has 124 valence electrons. The molecule has 2 aliphatic rings. The van der Waals surface area contributed by atoms with E-state index in [4.69, 9.17) is 9.47 Å². The Kier molecular flexibility index (Phi) is 6.23. The number of rotatable bonds is 4. The lowest BCUT2D eigenvalue weighted by molar-refractivity contribution is 0.0736. The fourth-order valence-corrected chi connectivity index (χ4v) is 2.93. The first kappa shape index (κ1) is 17.2. The molecule has 0 amide bonds. The summed E-state index contributed by atoms with van der Waals surface area (Å²) >= 11 is 0. The lowest BCUT2D eigenvalue weighted by atomic mass is 10.0. The van der Waals surface area contributed by atoms with Crippen LogP contribution < -0.4 is 14.8 Å². The van der Waals surface area contributed by atoms with Crippen LogP contribution in [0.2, 0.25) is 0 Å². The van der Waals surface area contributed by atoms with Gasteiger partial charge in [0, 0.05) is 38.6 Å². The van der Waals surface area contributed by atoms with E-state index in [-0.39, 0.29) is 24.9 Å². The highest BCUT2D eigenvalue weighted by Gasteiger charge is 2.26. The Morgan fingerprint density at radius 2 is 1.77 bits per heavy atom. The Bertz CT molecular complexity index is 485. The second-order valence-electron chi connectivity index (χ2n) is 5.33. The molecular weight excluding hydrogens is 314 g/mol. The van der Waals surface area contributed by atoms with Crippen molar-refractivity contribution in [3.8, 4) is 11.5 Å². The van der Waals surface area contributed by atoms with Crippen molar-refractivity contribution in [2.45, 2.75) is 18.9 Å². The van der Waals surface area contributed by atoms with Gasteiger partial charge in [0.15, 0.2) is 11.5 Å². The standard InChI is InChI=1S/C15H20F2N2O2.ClH/c16-15(17)10-12(19-5-3-18-4-6-19)11-1-2-13-14(9-11)21-8-7-20-13;/h1-2,9,12,15,18H,3-8,10H2;1H/t12-;/m0./s1. The van der Waals surface area contributed by atoms with E-state index in [1.165, 1.54) is 0 Å². The molecule has 1 atom stereocenters.